The van der Waals surface area contributed by atoms with Gasteiger partial charge in [0.15, 0.2) is 0 Å². The number of aromatic nitrogens is 1. The van der Waals surface area contributed by atoms with Crippen molar-refractivity contribution >= 4 is 39.2 Å². The molecule has 0 fully saturated rings. The summed E-state index contributed by atoms with van der Waals surface area (Å²) in [5.41, 5.74) is -0.516. The number of nitro groups is 1. The normalized spacial score (nSPS) is 10.2. The van der Waals surface area contributed by atoms with Crippen LogP contribution in [0.25, 0.3) is 0 Å². The second-order valence-corrected chi connectivity index (χ2v) is 5.04. The molecule has 0 amide bonds. The number of rotatable bonds is 4. The smallest absolute Gasteiger partial charge is 0.337 e. The Morgan fingerprint density at radius 2 is 2.14 bits per heavy atom. The van der Waals surface area contributed by atoms with Crippen molar-refractivity contribution in [3.63, 3.8) is 0 Å². The molecule has 2 aromatic rings. The van der Waals surface area contributed by atoms with Crippen molar-refractivity contribution < 1.29 is 19.6 Å². The standard InChI is InChI=1S/C12H6BrClN2O5/c13-8-4-15-5-10(16(19)20)11(8)21-6-1-2-9(14)7(3-6)12(17)18/h1-5H,(H,17,18). The summed E-state index contributed by atoms with van der Waals surface area (Å²) in [5.74, 6) is -1.20. The maximum absolute atomic E-state index is 11.0. The highest BCUT2D eigenvalue weighted by atomic mass is 79.9. The summed E-state index contributed by atoms with van der Waals surface area (Å²) in [6.45, 7) is 0. The molecule has 1 heterocycles. The van der Waals surface area contributed by atoms with Gasteiger partial charge in [-0.2, -0.15) is 0 Å². The number of benzene rings is 1. The molecule has 108 valence electrons. The topological polar surface area (TPSA) is 103 Å². The van der Waals surface area contributed by atoms with Gasteiger partial charge in [0, 0.05) is 6.20 Å². The van der Waals surface area contributed by atoms with E-state index in [9.17, 15) is 14.9 Å². The minimum Gasteiger partial charge on any atom is -0.478 e. The number of hydrogen-bond acceptors (Lipinski definition) is 5. The monoisotopic (exact) mass is 372 g/mol. The number of halogens is 2. The first-order valence-electron chi connectivity index (χ1n) is 5.38. The highest BCUT2D eigenvalue weighted by Crippen LogP contribution is 2.37. The van der Waals surface area contributed by atoms with Crippen LogP contribution in [0.4, 0.5) is 5.69 Å². The second-order valence-electron chi connectivity index (χ2n) is 3.78. The Labute approximate surface area is 131 Å². The van der Waals surface area contributed by atoms with Crippen LogP contribution in [0.2, 0.25) is 5.02 Å². The van der Waals surface area contributed by atoms with Crippen molar-refractivity contribution in [1.82, 2.24) is 4.98 Å². The number of nitrogens with zero attached hydrogens (tertiary/aromatic N) is 2. The van der Waals surface area contributed by atoms with Gasteiger partial charge in [-0.1, -0.05) is 11.6 Å². The van der Waals surface area contributed by atoms with Gasteiger partial charge in [-0.3, -0.25) is 15.1 Å². The van der Waals surface area contributed by atoms with Crippen molar-refractivity contribution in [2.75, 3.05) is 0 Å². The fourth-order valence-corrected chi connectivity index (χ4v) is 2.09. The molecule has 0 spiro atoms. The molecule has 0 saturated carbocycles. The average Bonchev–Trinajstić information content (AvgIpc) is 2.42. The Kier molecular flexibility index (Phi) is 4.39. The predicted molar refractivity (Wildman–Crippen MR) is 77.1 cm³/mol. The van der Waals surface area contributed by atoms with E-state index in [2.05, 4.69) is 20.9 Å². The molecular weight excluding hydrogens is 367 g/mol. The molecule has 0 aliphatic rings. The van der Waals surface area contributed by atoms with Gasteiger partial charge in [-0.15, -0.1) is 0 Å². The van der Waals surface area contributed by atoms with E-state index in [1.54, 1.807) is 0 Å². The number of carboxylic acids is 1. The number of hydrogen-bond donors (Lipinski definition) is 1. The van der Waals surface area contributed by atoms with Crippen LogP contribution in [0.5, 0.6) is 11.5 Å². The lowest BCUT2D eigenvalue weighted by molar-refractivity contribution is -0.386. The maximum atomic E-state index is 11.0. The van der Waals surface area contributed by atoms with Gasteiger partial charge < -0.3 is 9.84 Å². The molecule has 1 aromatic carbocycles. The Balaban J connectivity index is 2.46. The summed E-state index contributed by atoms with van der Waals surface area (Å²) in [6, 6.07) is 3.92. The highest BCUT2D eigenvalue weighted by molar-refractivity contribution is 9.10. The van der Waals surface area contributed by atoms with E-state index >= 15 is 0 Å². The first-order chi connectivity index (χ1) is 9.90. The molecule has 0 atom stereocenters. The summed E-state index contributed by atoms with van der Waals surface area (Å²) >= 11 is 8.84. The van der Waals surface area contributed by atoms with Crippen LogP contribution in [0.1, 0.15) is 10.4 Å². The van der Waals surface area contributed by atoms with Crippen molar-refractivity contribution in [3.05, 3.63) is 55.8 Å². The van der Waals surface area contributed by atoms with Gasteiger partial charge in [0.25, 0.3) is 0 Å². The number of pyridine rings is 1. The van der Waals surface area contributed by atoms with Crippen molar-refractivity contribution in [2.45, 2.75) is 0 Å². The van der Waals surface area contributed by atoms with Gasteiger partial charge >= 0.3 is 11.7 Å². The van der Waals surface area contributed by atoms with E-state index < -0.39 is 10.9 Å². The van der Waals surface area contributed by atoms with Crippen LogP contribution in [-0.4, -0.2) is 21.0 Å². The van der Waals surface area contributed by atoms with Gasteiger partial charge in [-0.05, 0) is 34.1 Å². The zero-order valence-electron chi connectivity index (χ0n) is 10.1. The van der Waals surface area contributed by atoms with Crippen LogP contribution in [0.3, 0.4) is 0 Å². The van der Waals surface area contributed by atoms with Crippen LogP contribution >= 0.6 is 27.5 Å². The summed E-state index contributed by atoms with van der Waals surface area (Å²) in [5, 5.41) is 20.0. The summed E-state index contributed by atoms with van der Waals surface area (Å²) < 4.78 is 5.66. The third-order valence-corrected chi connectivity index (χ3v) is 3.31. The quantitative estimate of drug-likeness (QED) is 0.644. The van der Waals surface area contributed by atoms with Gasteiger partial charge in [0.1, 0.15) is 11.9 Å². The molecule has 0 saturated heterocycles. The largest absolute Gasteiger partial charge is 0.478 e. The van der Waals surface area contributed by atoms with E-state index in [1.807, 2.05) is 0 Å². The van der Waals surface area contributed by atoms with E-state index in [0.717, 1.165) is 6.20 Å². The highest BCUT2D eigenvalue weighted by Gasteiger charge is 2.20. The average molecular weight is 374 g/mol. The van der Waals surface area contributed by atoms with Crippen LogP contribution in [0, 0.1) is 10.1 Å². The molecule has 7 nitrogen and oxygen atoms in total. The van der Waals surface area contributed by atoms with Gasteiger partial charge in [0.05, 0.1) is 20.0 Å². The zero-order valence-corrected chi connectivity index (χ0v) is 12.5. The Bertz CT molecular complexity index is 738. The second kappa shape index (κ2) is 6.06. The SMILES string of the molecule is O=C(O)c1cc(Oc2c(Br)cncc2[N+](=O)[O-])ccc1Cl. The lowest BCUT2D eigenvalue weighted by Gasteiger charge is -2.09. The van der Waals surface area contributed by atoms with Crippen LogP contribution < -0.4 is 4.74 Å². The Morgan fingerprint density at radius 1 is 1.43 bits per heavy atom. The molecule has 21 heavy (non-hydrogen) atoms. The zero-order chi connectivity index (χ0) is 15.6. The fourth-order valence-electron chi connectivity index (χ4n) is 1.49. The van der Waals surface area contributed by atoms with E-state index in [-0.39, 0.29) is 32.2 Å². The first-order valence-corrected chi connectivity index (χ1v) is 6.56. The molecular formula is C12H6BrClN2O5. The number of carboxylic acid groups (broad SMARTS) is 1. The predicted octanol–water partition coefficient (Wildman–Crippen LogP) is 3.90. The summed E-state index contributed by atoms with van der Waals surface area (Å²) in [7, 11) is 0. The van der Waals surface area contributed by atoms with Crippen molar-refractivity contribution in [1.29, 1.82) is 0 Å². The molecule has 2 rings (SSSR count). The molecule has 0 bridgehead atoms. The molecule has 1 N–H and O–H groups in total. The Hall–Kier alpha value is -2.19. The molecule has 0 radical (unpaired) electrons. The lowest BCUT2D eigenvalue weighted by atomic mass is 10.2. The van der Waals surface area contributed by atoms with Gasteiger partial charge in [-0.25, -0.2) is 4.79 Å². The van der Waals surface area contributed by atoms with Crippen LogP contribution in [-0.2, 0) is 0 Å². The minimum absolute atomic E-state index is 0.0399. The fraction of sp³-hybridized carbons (Fsp3) is 0. The van der Waals surface area contributed by atoms with E-state index in [0.29, 0.717) is 0 Å². The molecule has 9 heteroatoms. The van der Waals surface area contributed by atoms with Crippen molar-refractivity contribution in [3.8, 4) is 11.5 Å². The molecule has 0 unspecified atom stereocenters. The van der Waals surface area contributed by atoms with Crippen molar-refractivity contribution in [2.24, 2.45) is 0 Å². The molecule has 0 aliphatic carbocycles. The van der Waals surface area contributed by atoms with E-state index in [1.165, 1.54) is 24.4 Å². The van der Waals surface area contributed by atoms with Crippen LogP contribution in [0.15, 0.2) is 35.1 Å². The first kappa shape index (κ1) is 15.2. The summed E-state index contributed by atoms with van der Waals surface area (Å²) in [6.07, 6.45) is 2.37. The minimum atomic E-state index is -1.23. The summed E-state index contributed by atoms with van der Waals surface area (Å²) in [4.78, 5) is 25.0. The number of ether oxygens (including phenoxy) is 1. The van der Waals surface area contributed by atoms with E-state index in [4.69, 9.17) is 21.4 Å². The third-order valence-electron chi connectivity index (χ3n) is 2.42. The lowest BCUT2D eigenvalue weighted by Crippen LogP contribution is -1.99. The molecule has 1 aromatic heterocycles. The van der Waals surface area contributed by atoms with Gasteiger partial charge in [0.2, 0.25) is 5.75 Å². The molecule has 0 aliphatic heterocycles. The number of aromatic carboxylic acids is 1. The maximum Gasteiger partial charge on any atom is 0.337 e. The number of carbonyl (C=O) groups is 1. The Morgan fingerprint density at radius 3 is 2.76 bits per heavy atom. The third kappa shape index (κ3) is 3.29.